The molecule has 2 rings (SSSR count). The minimum absolute atomic E-state index is 0.121. The summed E-state index contributed by atoms with van der Waals surface area (Å²) in [6, 6.07) is 7.30. The largest absolute Gasteiger partial charge is 0.326 e. The molecule has 22 heavy (non-hydrogen) atoms. The summed E-state index contributed by atoms with van der Waals surface area (Å²) in [5.41, 5.74) is 0.449. The van der Waals surface area contributed by atoms with Crippen molar-refractivity contribution in [2.45, 2.75) is 38.0 Å². The highest BCUT2D eigenvalue weighted by Crippen LogP contribution is 2.25. The molecule has 5 nitrogen and oxygen atoms in total. The molecule has 1 aliphatic rings. The second-order valence-electron chi connectivity index (χ2n) is 5.94. The van der Waals surface area contributed by atoms with Crippen LogP contribution in [-0.4, -0.2) is 27.8 Å². The first-order valence-corrected chi connectivity index (χ1v) is 8.53. The van der Waals surface area contributed by atoms with Crippen LogP contribution in [0.25, 0.3) is 0 Å². The lowest BCUT2D eigenvalue weighted by Crippen LogP contribution is -2.28. The first-order valence-electron chi connectivity index (χ1n) is 6.86. The number of anilines is 1. The van der Waals surface area contributed by atoms with E-state index in [4.69, 9.17) is 0 Å². The van der Waals surface area contributed by atoms with Crippen LogP contribution in [0.15, 0.2) is 33.7 Å². The molecule has 7 heteroatoms. The molecule has 1 fully saturated rings. The molecule has 1 aromatic carbocycles. The molecule has 0 radical (unpaired) electrons. The van der Waals surface area contributed by atoms with Gasteiger partial charge in [0.25, 0.3) is 0 Å². The second-order valence-corrected chi connectivity index (χ2v) is 8.05. The van der Waals surface area contributed by atoms with E-state index in [1.54, 1.807) is 12.1 Å². The summed E-state index contributed by atoms with van der Waals surface area (Å²) in [5, 5.41) is 5.66. The third kappa shape index (κ3) is 5.14. The van der Waals surface area contributed by atoms with Gasteiger partial charge >= 0.3 is 0 Å². The Morgan fingerprint density at radius 1 is 1.36 bits per heavy atom. The highest BCUT2D eigenvalue weighted by Gasteiger charge is 2.32. The summed E-state index contributed by atoms with van der Waals surface area (Å²) >= 11 is 4.65. The SMILES string of the molecule is CC(C)(C)N=C1NC(=O)[C@H](CC(=O)Nc2ccc(Br)cc2)S1. The summed E-state index contributed by atoms with van der Waals surface area (Å²) in [5.74, 6) is -0.356. The van der Waals surface area contributed by atoms with Crippen LogP contribution in [0.3, 0.4) is 0 Å². The van der Waals surface area contributed by atoms with Crippen LogP contribution >= 0.6 is 27.7 Å². The van der Waals surface area contributed by atoms with Gasteiger partial charge in [0.2, 0.25) is 11.8 Å². The predicted octanol–water partition coefficient (Wildman–Crippen LogP) is 3.16. The zero-order chi connectivity index (χ0) is 16.3. The van der Waals surface area contributed by atoms with Gasteiger partial charge in [-0.15, -0.1) is 0 Å². The van der Waals surface area contributed by atoms with E-state index in [0.29, 0.717) is 10.9 Å². The molecule has 2 N–H and O–H groups in total. The van der Waals surface area contributed by atoms with Crippen molar-refractivity contribution in [3.05, 3.63) is 28.7 Å². The van der Waals surface area contributed by atoms with Gasteiger partial charge in [0.1, 0.15) is 5.25 Å². The van der Waals surface area contributed by atoms with Crippen LogP contribution in [0.2, 0.25) is 0 Å². The van der Waals surface area contributed by atoms with Gasteiger partial charge in [-0.05, 0) is 45.0 Å². The van der Waals surface area contributed by atoms with Crippen LogP contribution < -0.4 is 10.6 Å². The van der Waals surface area contributed by atoms with Crippen LogP contribution in [0.4, 0.5) is 5.69 Å². The number of carbonyl (C=O) groups is 2. The first kappa shape index (κ1) is 17.0. The van der Waals surface area contributed by atoms with Crippen molar-refractivity contribution >= 4 is 50.4 Å². The highest BCUT2D eigenvalue weighted by molar-refractivity contribution is 9.10. The normalized spacial score (nSPS) is 20.1. The molecule has 0 saturated carbocycles. The zero-order valence-electron chi connectivity index (χ0n) is 12.6. The van der Waals surface area contributed by atoms with Gasteiger partial charge in [0, 0.05) is 16.6 Å². The molecule has 1 heterocycles. The van der Waals surface area contributed by atoms with Gasteiger partial charge in [-0.3, -0.25) is 14.6 Å². The summed E-state index contributed by atoms with van der Waals surface area (Å²) < 4.78 is 0.944. The fourth-order valence-electron chi connectivity index (χ4n) is 1.81. The number of amidine groups is 1. The summed E-state index contributed by atoms with van der Waals surface area (Å²) in [6.45, 7) is 5.88. The highest BCUT2D eigenvalue weighted by atomic mass is 79.9. The number of nitrogens with zero attached hydrogens (tertiary/aromatic N) is 1. The molecule has 1 saturated heterocycles. The number of aliphatic imine (C=N–C) groups is 1. The maximum Gasteiger partial charge on any atom is 0.240 e. The molecule has 0 spiro atoms. The molecule has 1 atom stereocenters. The third-order valence-corrected chi connectivity index (χ3v) is 4.32. The van der Waals surface area contributed by atoms with Gasteiger partial charge < -0.3 is 10.6 Å². The van der Waals surface area contributed by atoms with Crippen molar-refractivity contribution in [1.82, 2.24) is 5.32 Å². The first-order chi connectivity index (χ1) is 10.2. The molecule has 0 aromatic heterocycles. The number of halogens is 1. The van der Waals surface area contributed by atoms with Crippen LogP contribution in [0.1, 0.15) is 27.2 Å². The van der Waals surface area contributed by atoms with E-state index >= 15 is 0 Å². The van der Waals surface area contributed by atoms with Crippen LogP contribution in [-0.2, 0) is 9.59 Å². The lowest BCUT2D eigenvalue weighted by Gasteiger charge is -2.12. The molecule has 1 aliphatic heterocycles. The average molecular weight is 384 g/mol. The summed E-state index contributed by atoms with van der Waals surface area (Å²) in [7, 11) is 0. The number of rotatable bonds is 3. The zero-order valence-corrected chi connectivity index (χ0v) is 15.0. The topological polar surface area (TPSA) is 70.6 Å². The number of nitrogens with one attached hydrogen (secondary N) is 2. The van der Waals surface area contributed by atoms with E-state index in [0.717, 1.165) is 4.47 Å². The van der Waals surface area contributed by atoms with Crippen molar-refractivity contribution in [2.75, 3.05) is 5.32 Å². The minimum Gasteiger partial charge on any atom is -0.326 e. The monoisotopic (exact) mass is 383 g/mol. The van der Waals surface area contributed by atoms with Crippen molar-refractivity contribution in [3.8, 4) is 0 Å². The number of hydrogen-bond donors (Lipinski definition) is 2. The fraction of sp³-hybridized carbons (Fsp3) is 0.400. The average Bonchev–Trinajstić information content (AvgIpc) is 2.70. The van der Waals surface area contributed by atoms with E-state index < -0.39 is 5.25 Å². The van der Waals surface area contributed by atoms with E-state index in [-0.39, 0.29) is 23.8 Å². The molecule has 0 bridgehead atoms. The van der Waals surface area contributed by atoms with Crippen molar-refractivity contribution in [2.24, 2.45) is 4.99 Å². The fourth-order valence-corrected chi connectivity index (χ4v) is 3.23. The number of benzene rings is 1. The summed E-state index contributed by atoms with van der Waals surface area (Å²) in [4.78, 5) is 28.4. The van der Waals surface area contributed by atoms with Crippen molar-refractivity contribution in [3.63, 3.8) is 0 Å². The number of amides is 2. The van der Waals surface area contributed by atoms with Gasteiger partial charge in [0.05, 0.1) is 5.54 Å². The molecule has 118 valence electrons. The van der Waals surface area contributed by atoms with Crippen molar-refractivity contribution < 1.29 is 9.59 Å². The quantitative estimate of drug-likeness (QED) is 0.841. The Labute approximate surface area is 142 Å². The van der Waals surface area contributed by atoms with Crippen molar-refractivity contribution in [1.29, 1.82) is 0 Å². The maximum atomic E-state index is 12.0. The van der Waals surface area contributed by atoms with Gasteiger partial charge in [0.15, 0.2) is 5.17 Å². The van der Waals surface area contributed by atoms with E-state index in [9.17, 15) is 9.59 Å². The molecule has 0 aliphatic carbocycles. The Morgan fingerprint density at radius 3 is 2.59 bits per heavy atom. The molecule has 1 aromatic rings. The van der Waals surface area contributed by atoms with E-state index in [1.807, 2.05) is 32.9 Å². The Bertz CT molecular complexity index is 608. The van der Waals surface area contributed by atoms with Gasteiger partial charge in [-0.2, -0.15) is 0 Å². The number of hydrogen-bond acceptors (Lipinski definition) is 4. The molecule has 0 unspecified atom stereocenters. The summed E-state index contributed by atoms with van der Waals surface area (Å²) in [6.07, 6.45) is 0.121. The smallest absolute Gasteiger partial charge is 0.240 e. The lowest BCUT2D eigenvalue weighted by atomic mass is 10.1. The number of carbonyl (C=O) groups excluding carboxylic acids is 2. The van der Waals surface area contributed by atoms with Crippen LogP contribution in [0, 0.1) is 0 Å². The van der Waals surface area contributed by atoms with E-state index in [1.165, 1.54) is 11.8 Å². The Hall–Kier alpha value is -1.34. The molecular formula is C15H18BrN3O2S. The predicted molar refractivity (Wildman–Crippen MR) is 94.1 cm³/mol. The minimum atomic E-state index is -0.434. The van der Waals surface area contributed by atoms with Gasteiger partial charge in [-0.1, -0.05) is 27.7 Å². The second kappa shape index (κ2) is 6.83. The lowest BCUT2D eigenvalue weighted by molar-refractivity contribution is -0.122. The van der Waals surface area contributed by atoms with E-state index in [2.05, 4.69) is 31.6 Å². The Kier molecular flexibility index (Phi) is 5.28. The Balaban J connectivity index is 1.93. The molecular weight excluding hydrogens is 366 g/mol. The Morgan fingerprint density at radius 2 is 2.00 bits per heavy atom. The maximum absolute atomic E-state index is 12.0. The number of thioether (sulfide) groups is 1. The molecule has 2 amide bonds. The van der Waals surface area contributed by atoms with Gasteiger partial charge in [-0.25, -0.2) is 0 Å². The standard InChI is InChI=1S/C15H18BrN3O2S/c1-15(2,3)19-14-18-13(21)11(22-14)8-12(20)17-10-6-4-9(16)5-7-10/h4-7,11H,8H2,1-3H3,(H,17,20)(H,18,19,21)/t11-/m0/s1. The third-order valence-electron chi connectivity index (χ3n) is 2.71. The van der Waals surface area contributed by atoms with Crippen LogP contribution in [0.5, 0.6) is 0 Å².